The highest BCUT2D eigenvalue weighted by Crippen LogP contribution is 2.32. The van der Waals surface area contributed by atoms with Gasteiger partial charge in [0.15, 0.2) is 5.79 Å². The summed E-state index contributed by atoms with van der Waals surface area (Å²) in [5.74, 6) is -0.00827. The Bertz CT molecular complexity index is 526. The van der Waals surface area contributed by atoms with Crippen molar-refractivity contribution >= 4 is 5.91 Å². The van der Waals surface area contributed by atoms with E-state index < -0.39 is 5.79 Å². The molecule has 1 aromatic heterocycles. The Labute approximate surface area is 124 Å². The maximum absolute atomic E-state index is 12.7. The summed E-state index contributed by atoms with van der Waals surface area (Å²) in [4.78, 5) is 18.9. The fraction of sp³-hybridized carbons (Fsp3) is 0.733. The number of carbonyl (C=O) groups is 1. The molecule has 3 aliphatic rings. The van der Waals surface area contributed by atoms with Gasteiger partial charge in [-0.15, -0.1) is 0 Å². The minimum absolute atomic E-state index is 0.105. The number of aromatic nitrogens is 2. The van der Waals surface area contributed by atoms with Crippen LogP contribution >= 0.6 is 0 Å². The summed E-state index contributed by atoms with van der Waals surface area (Å²) in [7, 11) is 0. The number of carbonyl (C=O) groups excluding carboxylic acids is 1. The molecule has 0 saturated carbocycles. The van der Waals surface area contributed by atoms with Gasteiger partial charge >= 0.3 is 0 Å². The Kier molecular flexibility index (Phi) is 3.23. The summed E-state index contributed by atoms with van der Waals surface area (Å²) in [6, 6.07) is 0. The van der Waals surface area contributed by atoms with Crippen LogP contribution < -0.4 is 0 Å². The number of hydrogen-bond acceptors (Lipinski definition) is 4. The molecule has 4 heterocycles. The Hall–Kier alpha value is -1.40. The van der Waals surface area contributed by atoms with E-state index in [4.69, 9.17) is 9.47 Å². The van der Waals surface area contributed by atoms with Crippen molar-refractivity contribution in [1.29, 1.82) is 0 Å². The zero-order valence-electron chi connectivity index (χ0n) is 12.2. The molecule has 0 N–H and O–H groups in total. The highest BCUT2D eigenvalue weighted by atomic mass is 16.7. The highest BCUT2D eigenvalue weighted by molar-refractivity contribution is 5.79. The van der Waals surface area contributed by atoms with E-state index in [1.165, 1.54) is 5.69 Å². The van der Waals surface area contributed by atoms with Gasteiger partial charge in [-0.3, -0.25) is 4.79 Å². The number of aryl methyl sites for hydroxylation is 1. The van der Waals surface area contributed by atoms with Gasteiger partial charge in [0.2, 0.25) is 5.91 Å². The van der Waals surface area contributed by atoms with Gasteiger partial charge in [0.05, 0.1) is 19.5 Å². The van der Waals surface area contributed by atoms with Crippen molar-refractivity contribution < 1.29 is 14.3 Å². The fourth-order valence-electron chi connectivity index (χ4n) is 3.69. The maximum Gasteiger partial charge on any atom is 0.226 e. The van der Waals surface area contributed by atoms with E-state index in [0.29, 0.717) is 13.2 Å². The zero-order chi connectivity index (χ0) is 14.3. The number of amides is 1. The molecule has 114 valence electrons. The molecule has 6 nitrogen and oxygen atoms in total. The van der Waals surface area contributed by atoms with Crippen LogP contribution in [-0.2, 0) is 27.2 Å². The van der Waals surface area contributed by atoms with Crippen molar-refractivity contribution in [2.75, 3.05) is 26.3 Å². The molecule has 1 amide bonds. The second-order valence-corrected chi connectivity index (χ2v) is 6.20. The van der Waals surface area contributed by atoms with E-state index in [1.54, 1.807) is 0 Å². The van der Waals surface area contributed by atoms with Crippen LogP contribution in [0.4, 0.5) is 0 Å². The predicted molar refractivity (Wildman–Crippen MR) is 74.5 cm³/mol. The van der Waals surface area contributed by atoms with Gasteiger partial charge in [-0.2, -0.15) is 0 Å². The normalized spacial score (nSPS) is 27.8. The van der Waals surface area contributed by atoms with Crippen molar-refractivity contribution in [2.45, 2.75) is 38.0 Å². The average Bonchev–Trinajstić information content (AvgIpc) is 3.16. The first-order chi connectivity index (χ1) is 10.3. The predicted octanol–water partition coefficient (Wildman–Crippen LogP) is 0.811. The van der Waals surface area contributed by atoms with E-state index in [9.17, 15) is 4.79 Å². The second kappa shape index (κ2) is 5.10. The third-order valence-corrected chi connectivity index (χ3v) is 4.97. The molecule has 0 radical (unpaired) electrons. The molecule has 6 heteroatoms. The average molecular weight is 291 g/mol. The van der Waals surface area contributed by atoms with Crippen LogP contribution in [0.3, 0.4) is 0 Å². The molecule has 1 spiro atoms. The standard InChI is InChI=1S/C15H21N3O3/c19-14(12-1-4-18-11-16-10-13(18)9-12)17-5-2-15(3-6-17)20-7-8-21-15/h10-12H,1-9H2. The van der Waals surface area contributed by atoms with Crippen molar-refractivity contribution in [2.24, 2.45) is 5.92 Å². The summed E-state index contributed by atoms with van der Waals surface area (Å²) in [5, 5.41) is 0. The molecule has 1 aromatic rings. The number of rotatable bonds is 1. The van der Waals surface area contributed by atoms with Gasteiger partial charge < -0.3 is 18.9 Å². The molecule has 2 fully saturated rings. The van der Waals surface area contributed by atoms with Gasteiger partial charge in [-0.1, -0.05) is 0 Å². The Balaban J connectivity index is 1.38. The van der Waals surface area contributed by atoms with Gasteiger partial charge in [0.25, 0.3) is 0 Å². The lowest BCUT2D eigenvalue weighted by molar-refractivity contribution is -0.188. The molecular weight excluding hydrogens is 270 g/mol. The lowest BCUT2D eigenvalue weighted by Gasteiger charge is -2.39. The molecule has 4 rings (SSSR count). The SMILES string of the molecule is O=C(C1CCn2cncc2C1)N1CCC2(CC1)OCCO2. The number of piperidine rings is 1. The first-order valence-electron chi connectivity index (χ1n) is 7.81. The van der Waals surface area contributed by atoms with Crippen molar-refractivity contribution in [3.63, 3.8) is 0 Å². The minimum atomic E-state index is -0.401. The van der Waals surface area contributed by atoms with Gasteiger partial charge in [0, 0.05) is 56.7 Å². The van der Waals surface area contributed by atoms with Crippen LogP contribution in [-0.4, -0.2) is 52.4 Å². The molecule has 0 bridgehead atoms. The Morgan fingerprint density at radius 3 is 2.76 bits per heavy atom. The largest absolute Gasteiger partial charge is 0.347 e. The van der Waals surface area contributed by atoms with Gasteiger partial charge in [-0.25, -0.2) is 4.98 Å². The first kappa shape index (κ1) is 13.3. The number of likely N-dealkylation sites (tertiary alicyclic amines) is 1. The van der Waals surface area contributed by atoms with Crippen molar-refractivity contribution in [3.05, 3.63) is 18.2 Å². The molecule has 0 aromatic carbocycles. The molecule has 21 heavy (non-hydrogen) atoms. The number of nitrogens with zero attached hydrogens (tertiary/aromatic N) is 3. The van der Waals surface area contributed by atoms with E-state index >= 15 is 0 Å². The number of ether oxygens (including phenoxy) is 2. The van der Waals surface area contributed by atoms with Crippen LogP contribution in [0.5, 0.6) is 0 Å². The maximum atomic E-state index is 12.7. The van der Waals surface area contributed by atoms with Crippen LogP contribution in [0.15, 0.2) is 12.5 Å². The molecule has 1 unspecified atom stereocenters. The Morgan fingerprint density at radius 2 is 2.00 bits per heavy atom. The molecule has 0 aliphatic carbocycles. The summed E-state index contributed by atoms with van der Waals surface area (Å²) in [5.41, 5.74) is 1.18. The number of fused-ring (bicyclic) bond motifs is 1. The lowest BCUT2D eigenvalue weighted by atomic mass is 9.93. The van der Waals surface area contributed by atoms with Crippen LogP contribution in [0.25, 0.3) is 0 Å². The van der Waals surface area contributed by atoms with Crippen LogP contribution in [0, 0.1) is 5.92 Å². The number of hydrogen-bond donors (Lipinski definition) is 0. The van der Waals surface area contributed by atoms with Crippen molar-refractivity contribution in [3.8, 4) is 0 Å². The van der Waals surface area contributed by atoms with Crippen LogP contribution in [0.2, 0.25) is 0 Å². The lowest BCUT2D eigenvalue weighted by Crippen LogP contribution is -2.49. The minimum Gasteiger partial charge on any atom is -0.347 e. The van der Waals surface area contributed by atoms with Gasteiger partial charge in [-0.05, 0) is 6.42 Å². The topological polar surface area (TPSA) is 56.6 Å². The smallest absolute Gasteiger partial charge is 0.226 e. The second-order valence-electron chi connectivity index (χ2n) is 6.20. The summed E-state index contributed by atoms with van der Waals surface area (Å²) < 4.78 is 13.6. The monoisotopic (exact) mass is 291 g/mol. The molecule has 2 saturated heterocycles. The fourth-order valence-corrected chi connectivity index (χ4v) is 3.69. The summed E-state index contributed by atoms with van der Waals surface area (Å²) in [6.07, 6.45) is 7.05. The van der Waals surface area contributed by atoms with Crippen LogP contribution in [0.1, 0.15) is 25.0 Å². The summed E-state index contributed by atoms with van der Waals surface area (Å²) >= 11 is 0. The van der Waals surface area contributed by atoms with E-state index in [1.807, 2.05) is 17.4 Å². The first-order valence-corrected chi connectivity index (χ1v) is 7.81. The van der Waals surface area contributed by atoms with E-state index in [-0.39, 0.29) is 11.8 Å². The summed E-state index contributed by atoms with van der Waals surface area (Å²) in [6.45, 7) is 3.75. The van der Waals surface area contributed by atoms with Crippen molar-refractivity contribution in [1.82, 2.24) is 14.5 Å². The molecule has 3 aliphatic heterocycles. The molecular formula is C15H21N3O3. The van der Waals surface area contributed by atoms with E-state index in [2.05, 4.69) is 9.55 Å². The number of imidazole rings is 1. The third-order valence-electron chi connectivity index (χ3n) is 4.97. The zero-order valence-corrected chi connectivity index (χ0v) is 12.2. The molecule has 1 atom stereocenters. The van der Waals surface area contributed by atoms with Gasteiger partial charge in [0.1, 0.15) is 0 Å². The third kappa shape index (κ3) is 2.36. The highest BCUT2D eigenvalue weighted by Gasteiger charge is 2.41. The Morgan fingerprint density at radius 1 is 1.24 bits per heavy atom. The van der Waals surface area contributed by atoms with E-state index in [0.717, 1.165) is 45.3 Å². The quantitative estimate of drug-likeness (QED) is 0.768.